The Labute approximate surface area is 438 Å². The van der Waals surface area contributed by atoms with Crippen molar-refractivity contribution in [1.29, 1.82) is 5.26 Å². The first-order chi connectivity index (χ1) is 35.2. The monoisotopic (exact) mass is 1030 g/mol. The van der Waals surface area contributed by atoms with Crippen LogP contribution in [0, 0.1) is 34.0 Å². The summed E-state index contributed by atoms with van der Waals surface area (Å²) in [7, 11) is 1.78. The average molecular weight is 1030 g/mol. The van der Waals surface area contributed by atoms with Crippen LogP contribution >= 0.6 is 11.6 Å². The Balaban J connectivity index is 0.701. The van der Waals surface area contributed by atoms with Gasteiger partial charge in [-0.3, -0.25) is 14.4 Å². The van der Waals surface area contributed by atoms with Gasteiger partial charge in [-0.15, -0.1) is 0 Å². The van der Waals surface area contributed by atoms with Gasteiger partial charge >= 0.3 is 0 Å². The normalized spacial score (nSPS) is 22.2. The number of halogens is 1. The number of fused-ring (bicyclic) bond motifs is 1. The lowest BCUT2D eigenvalue weighted by molar-refractivity contribution is -0.164. The minimum absolute atomic E-state index is 0.0951. The molecule has 4 N–H and O–H groups in total. The summed E-state index contributed by atoms with van der Waals surface area (Å²) in [5, 5.41) is 22.3. The van der Waals surface area contributed by atoms with Crippen LogP contribution in [0.1, 0.15) is 101 Å². The van der Waals surface area contributed by atoms with Crippen LogP contribution in [0.2, 0.25) is 5.02 Å². The first-order valence-electron chi connectivity index (χ1n) is 26.7. The fraction of sp³-hybridized carbons (Fsp3) is 0.614. The van der Waals surface area contributed by atoms with E-state index in [0.29, 0.717) is 80.6 Å². The molecule has 398 valence electrons. The number of anilines is 1. The molecule has 7 rings (SSSR count). The number of likely N-dealkylation sites (N-methyl/N-ethyl adjacent to an activating group) is 1. The highest BCUT2D eigenvalue weighted by molar-refractivity contribution is 6.31. The number of nitriles is 1. The van der Waals surface area contributed by atoms with Gasteiger partial charge in [0.25, 0.3) is 5.91 Å². The Morgan fingerprint density at radius 2 is 1.45 bits per heavy atom. The highest BCUT2D eigenvalue weighted by Gasteiger charge is 2.64. The van der Waals surface area contributed by atoms with Crippen LogP contribution in [0.3, 0.4) is 0 Å². The number of hydrogen-bond donors (Lipinski definition) is 4. The van der Waals surface area contributed by atoms with Crippen molar-refractivity contribution in [2.75, 3.05) is 91.3 Å². The predicted molar refractivity (Wildman–Crippen MR) is 284 cm³/mol. The second-order valence-electron chi connectivity index (χ2n) is 21.5. The van der Waals surface area contributed by atoms with Crippen LogP contribution in [0.5, 0.6) is 11.5 Å². The number of piperidine rings is 1. The summed E-state index contributed by atoms with van der Waals surface area (Å²) in [6.07, 6.45) is 8.33. The zero-order valence-corrected chi connectivity index (χ0v) is 44.8. The number of likely N-dealkylation sites (tertiary alicyclic amines) is 2. The van der Waals surface area contributed by atoms with Crippen molar-refractivity contribution >= 4 is 35.0 Å². The van der Waals surface area contributed by atoms with Gasteiger partial charge in [-0.25, -0.2) is 0 Å². The number of nitrogens with zero attached hydrogens (tertiary/aromatic N) is 3. The maximum absolute atomic E-state index is 14.2. The lowest BCUT2D eigenvalue weighted by Crippen LogP contribution is -2.74. The van der Waals surface area contributed by atoms with Gasteiger partial charge in [-0.05, 0) is 119 Å². The molecule has 2 saturated heterocycles. The summed E-state index contributed by atoms with van der Waals surface area (Å²) in [6, 6.07) is 22.2. The second-order valence-corrected chi connectivity index (χ2v) is 21.9. The second kappa shape index (κ2) is 26.5. The van der Waals surface area contributed by atoms with Crippen molar-refractivity contribution < 1.29 is 38.1 Å². The molecule has 2 heterocycles. The van der Waals surface area contributed by atoms with Gasteiger partial charge in [0.15, 0.2) is 0 Å². The van der Waals surface area contributed by atoms with Crippen LogP contribution in [0.25, 0.3) is 0 Å². The van der Waals surface area contributed by atoms with Crippen LogP contribution in [0.4, 0.5) is 5.69 Å². The van der Waals surface area contributed by atoms with Crippen LogP contribution in [-0.4, -0.2) is 144 Å². The van der Waals surface area contributed by atoms with Crippen LogP contribution < -0.4 is 30.7 Å². The quantitative estimate of drug-likeness (QED) is 0.0584. The minimum Gasteiger partial charge on any atom is -0.491 e. The van der Waals surface area contributed by atoms with Gasteiger partial charge < -0.3 is 54.8 Å². The van der Waals surface area contributed by atoms with Gasteiger partial charge in [-0.2, -0.15) is 5.26 Å². The fourth-order valence-electron chi connectivity index (χ4n) is 11.7. The molecule has 15 nitrogen and oxygen atoms in total. The fourth-order valence-corrected chi connectivity index (χ4v) is 11.9. The third kappa shape index (κ3) is 14.7. The summed E-state index contributed by atoms with van der Waals surface area (Å²) in [4.78, 5) is 45.2. The van der Waals surface area contributed by atoms with E-state index in [1.807, 2.05) is 43.3 Å². The molecule has 3 amide bonds. The molecule has 2 aliphatic carbocycles. The number of amides is 3. The lowest BCUT2D eigenvalue weighted by Gasteiger charge is -2.63. The third-order valence-electron chi connectivity index (χ3n) is 15.8. The first-order valence-corrected chi connectivity index (χ1v) is 27.0. The van der Waals surface area contributed by atoms with Gasteiger partial charge in [0, 0.05) is 66.4 Å². The summed E-state index contributed by atoms with van der Waals surface area (Å²) < 4.78 is 29.4. The highest BCUT2D eigenvalue weighted by atomic mass is 35.5. The maximum Gasteiger partial charge on any atom is 0.251 e. The number of benzene rings is 3. The van der Waals surface area contributed by atoms with Gasteiger partial charge in [0.2, 0.25) is 11.8 Å². The zero-order chi connectivity index (χ0) is 52.0. The Morgan fingerprint density at radius 1 is 0.808 bits per heavy atom. The smallest absolute Gasteiger partial charge is 0.251 e. The molecule has 16 heteroatoms. The van der Waals surface area contributed by atoms with Crippen molar-refractivity contribution in [2.45, 2.75) is 116 Å². The van der Waals surface area contributed by atoms with Gasteiger partial charge in [0.1, 0.15) is 36.3 Å². The molecular formula is C57H80ClN7O8. The molecule has 3 aromatic carbocycles. The summed E-state index contributed by atoms with van der Waals surface area (Å²) in [5.74, 6) is 2.03. The highest BCUT2D eigenvalue weighted by Crippen LogP contribution is 2.55. The molecule has 2 saturated carbocycles. The number of carbonyl (C=O) groups is 3. The Hall–Kier alpha value is -4.95. The van der Waals surface area contributed by atoms with E-state index < -0.39 is 6.04 Å². The molecule has 2 unspecified atom stereocenters. The minimum atomic E-state index is -0.441. The van der Waals surface area contributed by atoms with E-state index in [-0.39, 0.29) is 58.7 Å². The van der Waals surface area contributed by atoms with Crippen molar-refractivity contribution in [3.05, 3.63) is 88.4 Å². The van der Waals surface area contributed by atoms with E-state index in [0.717, 1.165) is 82.6 Å². The number of hydrogen-bond acceptors (Lipinski definition) is 12. The van der Waals surface area contributed by atoms with E-state index >= 15 is 0 Å². The predicted octanol–water partition coefficient (Wildman–Crippen LogP) is 7.50. The standard InChI is InChI=1S/C57H80ClN7O8/c1-39(60-6)51(66)62-50(42-10-8-7-9-11-42)53(68)65-28-24-41-23-27-64(38-49(41)65)26-22-40-12-19-46(20-13-40)72-35-34-71-33-32-70-31-30-69-29-25-61-45-17-14-43(15-18-45)52(67)63-54-56(2,3)55(57(54,4)5)73-47-21-16-44(37-59)48(58)36-47/h12-21,36,39,41-42,49-50,54-55,60-61H,7-11,22-35,38H2,1-6H3,(H,62,66)(H,63,67)/t39-,41?,49?,50-,54?,55?/m0/s1. The SMILES string of the molecule is CN[C@@H](C)C(=O)N[C@H](C(=O)N1CCC2CCN(CCc3ccc(OCCOCCOCCOCCNc4ccc(C(=O)NC5C(C)(C)C(Oc6ccc(C#N)c(Cl)c6)C5(C)C)cc4)cc3)CC21)C1CCCCC1. The number of carbonyl (C=O) groups excluding carboxylic acids is 3. The molecule has 0 spiro atoms. The average Bonchev–Trinajstić information content (AvgIpc) is 3.83. The molecule has 2 aliphatic heterocycles. The van der Waals surface area contributed by atoms with Crippen molar-refractivity contribution in [2.24, 2.45) is 22.7 Å². The molecular weight excluding hydrogens is 946 g/mol. The zero-order valence-electron chi connectivity index (χ0n) is 44.0. The molecule has 4 atom stereocenters. The summed E-state index contributed by atoms with van der Waals surface area (Å²) in [5.41, 5.74) is 2.42. The molecule has 0 radical (unpaired) electrons. The van der Waals surface area contributed by atoms with E-state index in [2.05, 4.69) is 77.0 Å². The number of nitrogens with one attached hydrogen (secondary N) is 4. The van der Waals surface area contributed by atoms with Crippen LogP contribution in [0.15, 0.2) is 66.7 Å². The van der Waals surface area contributed by atoms with E-state index in [4.69, 9.17) is 35.3 Å². The molecule has 0 bridgehead atoms. The summed E-state index contributed by atoms with van der Waals surface area (Å²) in [6.45, 7) is 17.7. The molecule has 0 aromatic heterocycles. The van der Waals surface area contributed by atoms with Crippen molar-refractivity contribution in [1.82, 2.24) is 25.8 Å². The molecule has 4 aliphatic rings. The van der Waals surface area contributed by atoms with Crippen molar-refractivity contribution in [3.8, 4) is 17.6 Å². The lowest BCUT2D eigenvalue weighted by atomic mass is 9.49. The van der Waals surface area contributed by atoms with Crippen molar-refractivity contribution in [3.63, 3.8) is 0 Å². The largest absolute Gasteiger partial charge is 0.491 e. The Morgan fingerprint density at radius 3 is 2.11 bits per heavy atom. The Kier molecular flexibility index (Phi) is 20.3. The molecule has 3 aromatic rings. The summed E-state index contributed by atoms with van der Waals surface area (Å²) >= 11 is 6.24. The number of ether oxygens (including phenoxy) is 5. The van der Waals surface area contributed by atoms with Gasteiger partial charge in [0.05, 0.1) is 56.3 Å². The Bertz CT molecular complexity index is 2290. The molecule has 73 heavy (non-hydrogen) atoms. The van der Waals surface area contributed by atoms with E-state index in [9.17, 15) is 19.6 Å². The van der Waals surface area contributed by atoms with E-state index in [1.54, 1.807) is 25.2 Å². The molecule has 4 fully saturated rings. The number of rotatable bonds is 26. The van der Waals surface area contributed by atoms with Crippen LogP contribution in [-0.2, 0) is 30.2 Å². The van der Waals surface area contributed by atoms with E-state index in [1.165, 1.54) is 12.0 Å². The first kappa shape index (κ1) is 55.8. The maximum atomic E-state index is 14.2. The van der Waals surface area contributed by atoms with Gasteiger partial charge in [-0.1, -0.05) is 70.7 Å². The third-order valence-corrected chi connectivity index (χ3v) is 16.1. The topological polar surface area (TPSA) is 176 Å².